The smallest absolute Gasteiger partial charge is 0.394 e. The molecule has 2 aliphatic heterocycles. The number of anilines is 1. The zero-order chi connectivity index (χ0) is 31.2. The van der Waals surface area contributed by atoms with Gasteiger partial charge in [-0.3, -0.25) is 4.52 Å². The maximum Gasteiger partial charge on any atom is 0.481 e. The molecule has 2 aliphatic rings. The van der Waals surface area contributed by atoms with Crippen molar-refractivity contribution in [2.24, 2.45) is 0 Å². The Bertz CT molecular complexity index is 1360. The Hall–Kier alpha value is -0.840. The summed E-state index contributed by atoms with van der Waals surface area (Å²) in [6.45, 7) is -4.47. The molecule has 2 aromatic rings. The molecule has 12 atom stereocenters. The van der Waals surface area contributed by atoms with Crippen LogP contribution in [0, 0.1) is 0 Å². The molecule has 42 heavy (non-hydrogen) atoms. The van der Waals surface area contributed by atoms with Crippen LogP contribution in [-0.4, -0.2) is 125 Å². The zero-order valence-corrected chi connectivity index (χ0v) is 25.4. The lowest BCUT2D eigenvalue weighted by molar-refractivity contribution is -0.292. The predicted octanol–water partition coefficient (Wildman–Crippen LogP) is -2.42. The van der Waals surface area contributed by atoms with Crippen molar-refractivity contribution < 1.29 is 67.8 Å². The van der Waals surface area contributed by atoms with Crippen LogP contribution in [0.5, 0.6) is 0 Å². The first-order valence-electron chi connectivity index (χ1n) is 12.2. The average molecular weight is 679 g/mol. The number of nitrogens with one attached hydrogen (secondary N) is 1. The molecule has 22 heteroatoms. The largest absolute Gasteiger partial charge is 0.481 e. The number of nitrogens with two attached hydrogens (primary N) is 1. The Labute approximate surface area is 247 Å². The normalized spacial score (nSPS) is 37.4. The number of phosphoric ester groups is 1. The van der Waals surface area contributed by atoms with Gasteiger partial charge in [0.2, 0.25) is 0 Å². The number of hydrogen-bond acceptors (Lipinski definition) is 18. The molecule has 0 aromatic carbocycles. The van der Waals surface area contributed by atoms with Gasteiger partial charge >= 0.3 is 14.5 Å². The number of ether oxygens (including phenoxy) is 2. The fraction of sp³-hybridized carbons (Fsp3) is 0.700. The van der Waals surface area contributed by atoms with Gasteiger partial charge in [0.05, 0.1) is 29.0 Å². The standard InChI is InChI=1S/C20H32N4O14P2S2/c1-20(22-2)16(30)9(35-17(20)7-5-42-15-10(7)23-6-24-18(15)21)4-34-40(33,41)38-39(31,32)37-19-13(29)11(27)12(28)14(36-19)8(26)3-25/h5-6,8-9,11-14,16-17,19,22,25-30H,3-4H2,1-2H3,(H,31,32)(H,33,41)(H2,21,23,24)/t8-,9+,11?,12?,13?,14?,16+,17-,19?,20+,40?/m0/s1. The predicted molar refractivity (Wildman–Crippen MR) is 147 cm³/mol. The number of nitrogens with zero attached hydrogens (tertiary/aromatic N) is 2. The molecule has 0 saturated carbocycles. The van der Waals surface area contributed by atoms with Gasteiger partial charge in [-0.15, -0.1) is 11.3 Å². The van der Waals surface area contributed by atoms with Gasteiger partial charge in [-0.2, -0.15) is 0 Å². The quantitative estimate of drug-likeness (QED) is 0.111. The van der Waals surface area contributed by atoms with Crippen LogP contribution in [0.1, 0.15) is 18.6 Å². The number of likely N-dealkylation sites (N-methyl/N-ethyl adjacent to an activating group) is 1. The first-order valence-corrected chi connectivity index (χ1v) is 17.2. The summed E-state index contributed by atoms with van der Waals surface area (Å²) >= 11 is 6.11. The highest BCUT2D eigenvalue weighted by Gasteiger charge is 2.54. The fourth-order valence-corrected chi connectivity index (χ4v) is 8.70. The van der Waals surface area contributed by atoms with Crippen LogP contribution in [0.15, 0.2) is 11.7 Å². The van der Waals surface area contributed by atoms with Crippen LogP contribution in [0.2, 0.25) is 0 Å². The van der Waals surface area contributed by atoms with Crippen LogP contribution in [0.25, 0.3) is 10.2 Å². The number of phosphoric acid groups is 1. The van der Waals surface area contributed by atoms with Gasteiger partial charge in [-0.05, 0) is 31.2 Å². The number of fused-ring (bicyclic) bond motifs is 1. The Morgan fingerprint density at radius 3 is 2.55 bits per heavy atom. The van der Waals surface area contributed by atoms with Gasteiger partial charge in [0.1, 0.15) is 61.0 Å². The van der Waals surface area contributed by atoms with Gasteiger partial charge in [0, 0.05) is 5.56 Å². The van der Waals surface area contributed by atoms with Gasteiger partial charge < -0.3 is 65.5 Å². The highest BCUT2D eigenvalue weighted by Crippen LogP contribution is 2.62. The van der Waals surface area contributed by atoms with Crippen molar-refractivity contribution >= 4 is 53.7 Å². The summed E-state index contributed by atoms with van der Waals surface area (Å²) in [6, 6.07) is 0. The van der Waals surface area contributed by atoms with Crippen molar-refractivity contribution in [1.82, 2.24) is 15.3 Å². The molecular formula is C20H32N4O14P2S2. The van der Waals surface area contributed by atoms with Crippen LogP contribution < -0.4 is 11.1 Å². The van der Waals surface area contributed by atoms with Crippen LogP contribution >= 0.6 is 25.9 Å². The number of aliphatic hydroxyl groups excluding tert-OH is 6. The summed E-state index contributed by atoms with van der Waals surface area (Å²) in [4.78, 5) is 28.9. The summed E-state index contributed by atoms with van der Waals surface area (Å²) < 4.78 is 38.8. The van der Waals surface area contributed by atoms with E-state index in [9.17, 15) is 39.9 Å². The molecule has 7 unspecified atom stereocenters. The fourth-order valence-electron chi connectivity index (χ4n) is 4.67. The maximum absolute atomic E-state index is 12.6. The van der Waals surface area contributed by atoms with E-state index in [1.165, 1.54) is 17.7 Å². The molecule has 238 valence electrons. The summed E-state index contributed by atoms with van der Waals surface area (Å²) in [7, 11) is -3.82. The van der Waals surface area contributed by atoms with Crippen molar-refractivity contribution in [2.45, 2.75) is 67.6 Å². The third-order valence-electron chi connectivity index (χ3n) is 7.07. The molecule has 0 radical (unpaired) electrons. The number of thiophene rings is 1. The lowest BCUT2D eigenvalue weighted by Crippen LogP contribution is -2.61. The topological polar surface area (TPSA) is 289 Å². The van der Waals surface area contributed by atoms with Gasteiger partial charge in [-0.1, -0.05) is 0 Å². The summed E-state index contributed by atoms with van der Waals surface area (Å²) in [5, 5.41) is 64.9. The molecule has 11 N–H and O–H groups in total. The molecule has 0 bridgehead atoms. The van der Waals surface area contributed by atoms with E-state index in [4.69, 9.17) is 41.2 Å². The number of aromatic nitrogens is 2. The third-order valence-corrected chi connectivity index (χ3v) is 11.6. The SMILES string of the molecule is CN[C@]1(C)[C@H](O)[C@@H](COP(O)(=S)OP(=O)(O)OC2OC([C@@H](O)CO)C(O)C(O)C2O)O[C@H]1c1csc2c(N)ncnc12. The maximum atomic E-state index is 12.6. The van der Waals surface area contributed by atoms with E-state index in [0.29, 0.717) is 15.8 Å². The highest BCUT2D eigenvalue weighted by molar-refractivity contribution is 8.08. The molecule has 18 nitrogen and oxygen atoms in total. The lowest BCUT2D eigenvalue weighted by atomic mass is 9.86. The molecule has 2 fully saturated rings. The van der Waals surface area contributed by atoms with E-state index >= 15 is 0 Å². The van der Waals surface area contributed by atoms with Gasteiger partial charge in [0.25, 0.3) is 0 Å². The lowest BCUT2D eigenvalue weighted by Gasteiger charge is -2.41. The van der Waals surface area contributed by atoms with E-state index in [0.717, 1.165) is 0 Å². The van der Waals surface area contributed by atoms with Crippen molar-refractivity contribution in [3.8, 4) is 0 Å². The minimum Gasteiger partial charge on any atom is -0.394 e. The minimum absolute atomic E-state index is 0.270. The van der Waals surface area contributed by atoms with Crippen LogP contribution in [0.3, 0.4) is 0 Å². The first kappa shape index (κ1) is 34.0. The molecular weight excluding hydrogens is 646 g/mol. The molecule has 0 aliphatic carbocycles. The Morgan fingerprint density at radius 2 is 1.90 bits per heavy atom. The van der Waals surface area contributed by atoms with Crippen LogP contribution in [0.4, 0.5) is 5.82 Å². The summed E-state index contributed by atoms with van der Waals surface area (Å²) in [6.07, 6.45) is -13.6. The van der Waals surface area contributed by atoms with E-state index < -0.39 is 88.4 Å². The van der Waals surface area contributed by atoms with Gasteiger partial charge in [-0.25, -0.2) is 18.8 Å². The van der Waals surface area contributed by atoms with Crippen molar-refractivity contribution in [1.29, 1.82) is 0 Å². The zero-order valence-electron chi connectivity index (χ0n) is 22.0. The minimum atomic E-state index is -5.42. The van der Waals surface area contributed by atoms with E-state index in [1.54, 1.807) is 19.4 Å². The monoisotopic (exact) mass is 678 g/mol. The van der Waals surface area contributed by atoms with Crippen molar-refractivity contribution in [2.75, 3.05) is 26.0 Å². The first-order chi connectivity index (χ1) is 19.5. The van der Waals surface area contributed by atoms with E-state index in [-0.39, 0.29) is 5.82 Å². The molecule has 2 aromatic heterocycles. The second-order valence-electron chi connectivity index (χ2n) is 9.77. The summed E-state index contributed by atoms with van der Waals surface area (Å²) in [5.41, 5.74) is 5.94. The molecule has 2 saturated heterocycles. The second kappa shape index (κ2) is 12.9. The van der Waals surface area contributed by atoms with Crippen molar-refractivity contribution in [3.05, 3.63) is 17.3 Å². The highest BCUT2D eigenvalue weighted by atomic mass is 32.5. The summed E-state index contributed by atoms with van der Waals surface area (Å²) in [5.74, 6) is 0.270. The number of hydrogen-bond donors (Lipinski definition) is 10. The number of nitrogen functional groups attached to an aromatic ring is 1. The van der Waals surface area contributed by atoms with Gasteiger partial charge in [0.15, 0.2) is 6.29 Å². The van der Waals surface area contributed by atoms with E-state index in [2.05, 4.69) is 19.6 Å². The third kappa shape index (κ3) is 6.71. The number of aliphatic hydroxyl groups is 6. The number of rotatable bonds is 11. The molecule has 0 amide bonds. The van der Waals surface area contributed by atoms with Crippen LogP contribution in [-0.2, 0) is 39.2 Å². The molecule has 4 rings (SSSR count). The Kier molecular flexibility index (Phi) is 10.4. The van der Waals surface area contributed by atoms with Crippen molar-refractivity contribution in [3.63, 3.8) is 0 Å². The molecule has 4 heterocycles. The Balaban J connectivity index is 1.43. The average Bonchev–Trinajstić information content (AvgIpc) is 3.46. The molecule has 0 spiro atoms. The second-order valence-corrected chi connectivity index (χ2v) is 15.0. The van der Waals surface area contributed by atoms with E-state index in [1.807, 2.05) is 0 Å². The Morgan fingerprint density at radius 1 is 1.21 bits per heavy atom.